The van der Waals surface area contributed by atoms with Crippen molar-refractivity contribution in [3.63, 3.8) is 0 Å². The Morgan fingerprint density at radius 3 is 2.00 bits per heavy atom. The van der Waals surface area contributed by atoms with Crippen LogP contribution in [0.3, 0.4) is 0 Å². The lowest BCUT2D eigenvalue weighted by Crippen LogP contribution is -2.47. The first-order valence-corrected chi connectivity index (χ1v) is 2.79. The van der Waals surface area contributed by atoms with Crippen molar-refractivity contribution < 1.29 is 32.2 Å². The number of hydrogen-bond donors (Lipinski definition) is 0. The summed E-state index contributed by atoms with van der Waals surface area (Å²) in [6.07, 6.45) is -6.57. The van der Waals surface area contributed by atoms with Crippen LogP contribution in [0, 0.1) is 0 Å². The van der Waals surface area contributed by atoms with E-state index in [1.165, 1.54) is 0 Å². The molecule has 1 fully saturated rings. The van der Waals surface area contributed by atoms with E-state index in [1.54, 1.807) is 0 Å². The van der Waals surface area contributed by atoms with E-state index in [0.717, 1.165) is 0 Å². The molecule has 0 aromatic rings. The average Bonchev–Trinajstić information content (AvgIpc) is 2.06. The first-order valence-electron chi connectivity index (χ1n) is 2.79. The number of rotatable bonds is 0. The summed E-state index contributed by atoms with van der Waals surface area (Å²) in [5, 5.41) is 0. The normalized spacial score (nSPS) is 30.0. The van der Waals surface area contributed by atoms with Gasteiger partial charge in [-0.2, -0.15) is 13.2 Å². The Bertz CT molecular complexity index is 246. The van der Waals surface area contributed by atoms with Gasteiger partial charge in [-0.1, -0.05) is 0 Å². The predicted molar refractivity (Wildman–Crippen MR) is 27.0 cm³/mol. The fourth-order valence-corrected chi connectivity index (χ4v) is 0.576. The number of hydrogen-bond acceptors (Lipinski definition) is 4. The Hall–Kier alpha value is -1.27. The summed E-state index contributed by atoms with van der Waals surface area (Å²) >= 11 is 0. The molecule has 1 rings (SSSR count). The lowest BCUT2D eigenvalue weighted by Gasteiger charge is -2.19. The first-order chi connectivity index (χ1) is 5.27. The summed E-state index contributed by atoms with van der Waals surface area (Å²) < 4.78 is 43.2. The van der Waals surface area contributed by atoms with Crippen molar-refractivity contribution in [3.8, 4) is 0 Å². The van der Waals surface area contributed by atoms with Gasteiger partial charge < -0.3 is 9.47 Å². The molecule has 1 aliphatic rings. The zero-order valence-electron chi connectivity index (χ0n) is 5.77. The van der Waals surface area contributed by atoms with Crippen molar-refractivity contribution in [1.82, 2.24) is 0 Å². The van der Waals surface area contributed by atoms with Crippen molar-refractivity contribution >= 4 is 12.1 Å². The molecule has 0 saturated carbocycles. The number of cyclic esters (lactones) is 3. The number of halogens is 3. The fourth-order valence-electron chi connectivity index (χ4n) is 0.576. The monoisotopic (exact) mass is 184 g/mol. The van der Waals surface area contributed by atoms with Gasteiger partial charge in [0.25, 0.3) is 0 Å². The smallest absolute Gasteiger partial charge is 0.406 e. The van der Waals surface area contributed by atoms with Crippen LogP contribution in [0.1, 0.15) is 6.92 Å². The summed E-state index contributed by atoms with van der Waals surface area (Å²) in [4.78, 5) is 20.6. The van der Waals surface area contributed by atoms with Crippen LogP contribution < -0.4 is 0 Å². The number of carbonyl (C=O) groups is 2. The third-order valence-electron chi connectivity index (χ3n) is 1.39. The highest BCUT2D eigenvalue weighted by molar-refractivity contribution is 5.94. The van der Waals surface area contributed by atoms with Crippen molar-refractivity contribution in [3.05, 3.63) is 0 Å². The van der Waals surface area contributed by atoms with Crippen LogP contribution in [0.5, 0.6) is 0 Å². The number of esters is 1. The van der Waals surface area contributed by atoms with Crippen LogP contribution in [-0.4, -0.2) is 23.9 Å². The molecular formula is C5H3F3O4. The SMILES string of the molecule is CC1(C(F)(F)F)OC(=O)OC1=O. The summed E-state index contributed by atoms with van der Waals surface area (Å²) in [6, 6.07) is 0. The largest absolute Gasteiger partial charge is 0.517 e. The van der Waals surface area contributed by atoms with Gasteiger partial charge in [0.1, 0.15) is 0 Å². The van der Waals surface area contributed by atoms with Crippen LogP contribution in [0.15, 0.2) is 0 Å². The van der Waals surface area contributed by atoms with Gasteiger partial charge in [-0.05, 0) is 6.92 Å². The lowest BCUT2D eigenvalue weighted by atomic mass is 10.1. The molecule has 0 amide bonds. The highest BCUT2D eigenvalue weighted by Crippen LogP contribution is 2.37. The second-order valence-electron chi connectivity index (χ2n) is 2.27. The molecule has 68 valence electrons. The Morgan fingerprint density at radius 1 is 1.33 bits per heavy atom. The van der Waals surface area contributed by atoms with E-state index in [-0.39, 0.29) is 0 Å². The highest BCUT2D eigenvalue weighted by Gasteiger charge is 2.66. The molecule has 0 radical (unpaired) electrons. The number of alkyl halides is 3. The van der Waals surface area contributed by atoms with Crippen LogP contribution >= 0.6 is 0 Å². The average molecular weight is 184 g/mol. The Labute approximate surface area is 64.2 Å². The molecule has 1 aliphatic heterocycles. The maximum absolute atomic E-state index is 12.0. The van der Waals surface area contributed by atoms with Gasteiger partial charge in [0.05, 0.1) is 0 Å². The summed E-state index contributed by atoms with van der Waals surface area (Å²) in [5.41, 5.74) is -3.15. The maximum Gasteiger partial charge on any atom is 0.517 e. The Morgan fingerprint density at radius 2 is 1.83 bits per heavy atom. The minimum Gasteiger partial charge on any atom is -0.406 e. The van der Waals surface area contributed by atoms with Crippen LogP contribution in [-0.2, 0) is 14.3 Å². The van der Waals surface area contributed by atoms with E-state index < -0.39 is 23.9 Å². The molecule has 12 heavy (non-hydrogen) atoms. The zero-order chi connectivity index (χ0) is 9.57. The molecule has 1 unspecified atom stereocenters. The predicted octanol–water partition coefficient (Wildman–Crippen LogP) is 1.00. The number of ether oxygens (including phenoxy) is 2. The topological polar surface area (TPSA) is 52.6 Å². The van der Waals surface area contributed by atoms with Crippen molar-refractivity contribution in [1.29, 1.82) is 0 Å². The van der Waals surface area contributed by atoms with Gasteiger partial charge in [-0.3, -0.25) is 0 Å². The van der Waals surface area contributed by atoms with Crippen molar-refractivity contribution in [2.24, 2.45) is 0 Å². The van der Waals surface area contributed by atoms with Gasteiger partial charge >= 0.3 is 23.9 Å². The van der Waals surface area contributed by atoms with Gasteiger partial charge in [-0.25, -0.2) is 9.59 Å². The molecule has 0 spiro atoms. The van der Waals surface area contributed by atoms with Gasteiger partial charge in [0.2, 0.25) is 0 Å². The van der Waals surface area contributed by atoms with E-state index in [0.29, 0.717) is 6.92 Å². The molecule has 1 atom stereocenters. The van der Waals surface area contributed by atoms with E-state index in [4.69, 9.17) is 0 Å². The van der Waals surface area contributed by atoms with E-state index in [1.807, 2.05) is 0 Å². The molecular weight excluding hydrogens is 181 g/mol. The zero-order valence-corrected chi connectivity index (χ0v) is 5.77. The van der Waals surface area contributed by atoms with Gasteiger partial charge in [0.15, 0.2) is 0 Å². The fraction of sp³-hybridized carbons (Fsp3) is 0.600. The highest BCUT2D eigenvalue weighted by atomic mass is 19.4. The molecule has 0 aliphatic carbocycles. The van der Waals surface area contributed by atoms with Crippen LogP contribution in [0.25, 0.3) is 0 Å². The Kier molecular flexibility index (Phi) is 1.55. The third kappa shape index (κ3) is 1.01. The molecule has 4 nitrogen and oxygen atoms in total. The molecule has 0 aromatic heterocycles. The standard InChI is InChI=1S/C5H3F3O4/c1-4(5(6,7)8)2(9)11-3(10)12-4/h1H3. The summed E-state index contributed by atoms with van der Waals surface area (Å²) in [5.74, 6) is -1.74. The Balaban J connectivity index is 3.00. The maximum atomic E-state index is 12.0. The quantitative estimate of drug-likeness (QED) is 0.416. The molecule has 0 bridgehead atoms. The van der Waals surface area contributed by atoms with Crippen LogP contribution in [0.2, 0.25) is 0 Å². The first kappa shape index (κ1) is 8.82. The summed E-state index contributed by atoms with van der Waals surface area (Å²) in [6.45, 7) is 0.431. The van der Waals surface area contributed by atoms with Crippen molar-refractivity contribution in [2.75, 3.05) is 0 Å². The summed E-state index contributed by atoms with van der Waals surface area (Å²) in [7, 11) is 0. The number of carbonyl (C=O) groups excluding carboxylic acids is 2. The minimum atomic E-state index is -4.95. The molecule has 1 saturated heterocycles. The van der Waals surface area contributed by atoms with Gasteiger partial charge in [-0.15, -0.1) is 0 Å². The minimum absolute atomic E-state index is 0.431. The molecule has 7 heteroatoms. The van der Waals surface area contributed by atoms with E-state index in [9.17, 15) is 22.8 Å². The van der Waals surface area contributed by atoms with Crippen molar-refractivity contribution in [2.45, 2.75) is 18.7 Å². The second-order valence-corrected chi connectivity index (χ2v) is 2.27. The second kappa shape index (κ2) is 2.11. The molecule has 0 N–H and O–H groups in total. The van der Waals surface area contributed by atoms with E-state index >= 15 is 0 Å². The van der Waals surface area contributed by atoms with E-state index in [2.05, 4.69) is 9.47 Å². The molecule has 0 aromatic carbocycles. The van der Waals surface area contributed by atoms with Gasteiger partial charge in [0, 0.05) is 0 Å². The third-order valence-corrected chi connectivity index (χ3v) is 1.39. The lowest BCUT2D eigenvalue weighted by molar-refractivity contribution is -0.236. The molecule has 1 heterocycles. The van der Waals surface area contributed by atoms with Crippen LogP contribution in [0.4, 0.5) is 18.0 Å².